The first-order valence-corrected chi connectivity index (χ1v) is 2.70. The second-order valence-electron chi connectivity index (χ2n) is 1.58. The topological polar surface area (TPSA) is 35.9 Å². The van der Waals surface area contributed by atoms with Crippen molar-refractivity contribution in [3.63, 3.8) is 0 Å². The summed E-state index contributed by atoms with van der Waals surface area (Å²) < 4.78 is 0. The molecule has 0 saturated carbocycles. The average molecular weight is 112 g/mol. The first-order valence-electron chi connectivity index (χ1n) is 2.70. The molecule has 0 unspecified atom stereocenters. The van der Waals surface area contributed by atoms with Gasteiger partial charge in [0.15, 0.2) is 0 Å². The van der Waals surface area contributed by atoms with Crippen LogP contribution in [0.3, 0.4) is 0 Å². The Bertz CT molecular complexity index is 86.5. The fraction of sp³-hybridized carbons (Fsp3) is 0.500. The second-order valence-corrected chi connectivity index (χ2v) is 1.58. The van der Waals surface area contributed by atoms with E-state index in [2.05, 4.69) is 11.9 Å². The Balaban J connectivity index is 3.11. The summed E-state index contributed by atoms with van der Waals surface area (Å²) >= 11 is 0. The van der Waals surface area contributed by atoms with Crippen LogP contribution in [0.4, 0.5) is 0 Å². The molecule has 0 amide bonds. The number of hydrogen-bond acceptors (Lipinski definition) is 2. The van der Waals surface area contributed by atoms with E-state index in [-0.39, 0.29) is 0 Å². The van der Waals surface area contributed by atoms with Crippen molar-refractivity contribution >= 4 is 6.21 Å². The number of nitrogens with one attached hydrogen (secondary N) is 2. The lowest BCUT2D eigenvalue weighted by atomic mass is 10.3. The third-order valence-electron chi connectivity index (χ3n) is 0.806. The van der Waals surface area contributed by atoms with Crippen LogP contribution in [0.2, 0.25) is 0 Å². The molecule has 2 N–H and O–H groups in total. The third kappa shape index (κ3) is 3.56. The molecule has 0 atom stereocenters. The highest BCUT2D eigenvalue weighted by molar-refractivity contribution is 5.75. The van der Waals surface area contributed by atoms with Gasteiger partial charge in [-0.1, -0.05) is 13.5 Å². The van der Waals surface area contributed by atoms with Crippen LogP contribution in [0.1, 0.15) is 6.92 Å². The fourth-order valence-corrected chi connectivity index (χ4v) is 0.337. The minimum atomic E-state index is 0.736. The van der Waals surface area contributed by atoms with Crippen molar-refractivity contribution in [3.05, 3.63) is 12.2 Å². The molecule has 0 aromatic carbocycles. The highest BCUT2D eigenvalue weighted by Gasteiger charge is 1.82. The van der Waals surface area contributed by atoms with Gasteiger partial charge in [0.05, 0.1) is 0 Å². The molecule has 8 heavy (non-hydrogen) atoms. The maximum Gasteiger partial charge on any atom is 0.0216 e. The standard InChI is InChI=1S/C6H12N2/c1-3-8-5-6(2)4-7/h4,7-8H,2-3,5H2,1H3. The molecule has 0 spiro atoms. The van der Waals surface area contributed by atoms with Gasteiger partial charge in [0.2, 0.25) is 0 Å². The van der Waals surface area contributed by atoms with Crippen LogP contribution in [0, 0.1) is 5.41 Å². The van der Waals surface area contributed by atoms with Crippen molar-refractivity contribution in [2.45, 2.75) is 6.92 Å². The number of hydrogen-bond donors (Lipinski definition) is 2. The molecule has 2 nitrogen and oxygen atoms in total. The van der Waals surface area contributed by atoms with Crippen LogP contribution in [0.25, 0.3) is 0 Å². The zero-order valence-electron chi connectivity index (χ0n) is 5.20. The van der Waals surface area contributed by atoms with Crippen LogP contribution < -0.4 is 5.32 Å². The summed E-state index contributed by atoms with van der Waals surface area (Å²) in [6.07, 6.45) is 1.27. The van der Waals surface area contributed by atoms with E-state index in [1.165, 1.54) is 6.21 Å². The van der Waals surface area contributed by atoms with Gasteiger partial charge in [0.1, 0.15) is 0 Å². The fourth-order valence-electron chi connectivity index (χ4n) is 0.337. The molecule has 0 fully saturated rings. The summed E-state index contributed by atoms with van der Waals surface area (Å²) in [5.74, 6) is 0. The largest absolute Gasteiger partial charge is 0.313 e. The molecule has 0 aromatic heterocycles. The molecule has 0 rings (SSSR count). The minimum absolute atomic E-state index is 0.736. The summed E-state index contributed by atoms with van der Waals surface area (Å²) in [6, 6.07) is 0. The predicted octanol–water partition coefficient (Wildman–Crippen LogP) is 0.802. The molecule has 46 valence electrons. The Kier molecular flexibility index (Phi) is 4.17. The zero-order valence-corrected chi connectivity index (χ0v) is 5.20. The molecule has 0 radical (unpaired) electrons. The SMILES string of the molecule is C=C(C=N)CNCC. The van der Waals surface area contributed by atoms with Crippen LogP contribution in [0.5, 0.6) is 0 Å². The van der Waals surface area contributed by atoms with E-state index in [0.29, 0.717) is 0 Å². The maximum absolute atomic E-state index is 6.72. The second kappa shape index (κ2) is 4.53. The summed E-state index contributed by atoms with van der Waals surface area (Å²) in [5.41, 5.74) is 0.826. The monoisotopic (exact) mass is 112 g/mol. The summed E-state index contributed by atoms with van der Waals surface area (Å²) in [6.45, 7) is 7.30. The van der Waals surface area contributed by atoms with E-state index in [0.717, 1.165) is 18.7 Å². The van der Waals surface area contributed by atoms with E-state index in [1.54, 1.807) is 0 Å². The smallest absolute Gasteiger partial charge is 0.0216 e. The van der Waals surface area contributed by atoms with Gasteiger partial charge >= 0.3 is 0 Å². The first kappa shape index (κ1) is 7.37. The summed E-state index contributed by atoms with van der Waals surface area (Å²) in [5, 5.41) is 9.77. The Hall–Kier alpha value is -0.630. The molecule has 0 aliphatic rings. The van der Waals surface area contributed by atoms with Gasteiger partial charge < -0.3 is 10.7 Å². The predicted molar refractivity (Wildman–Crippen MR) is 36.5 cm³/mol. The molecular weight excluding hydrogens is 100 g/mol. The van der Waals surface area contributed by atoms with E-state index in [4.69, 9.17) is 5.41 Å². The van der Waals surface area contributed by atoms with E-state index < -0.39 is 0 Å². The van der Waals surface area contributed by atoms with Crippen molar-refractivity contribution in [3.8, 4) is 0 Å². The first-order chi connectivity index (χ1) is 3.81. The van der Waals surface area contributed by atoms with Crippen LogP contribution >= 0.6 is 0 Å². The van der Waals surface area contributed by atoms with Gasteiger partial charge in [-0.15, -0.1) is 0 Å². The Morgan fingerprint density at radius 3 is 2.88 bits per heavy atom. The van der Waals surface area contributed by atoms with Gasteiger partial charge in [-0.3, -0.25) is 0 Å². The maximum atomic E-state index is 6.72. The molecule has 2 heteroatoms. The van der Waals surface area contributed by atoms with Crippen LogP contribution in [-0.2, 0) is 0 Å². The van der Waals surface area contributed by atoms with Gasteiger partial charge in [-0.2, -0.15) is 0 Å². The number of rotatable bonds is 4. The van der Waals surface area contributed by atoms with Crippen molar-refractivity contribution in [2.75, 3.05) is 13.1 Å². The zero-order chi connectivity index (χ0) is 6.41. The highest BCUT2D eigenvalue weighted by atomic mass is 14.8. The van der Waals surface area contributed by atoms with E-state index in [1.807, 2.05) is 6.92 Å². The lowest BCUT2D eigenvalue weighted by Gasteiger charge is -1.96. The van der Waals surface area contributed by atoms with E-state index in [9.17, 15) is 0 Å². The van der Waals surface area contributed by atoms with Gasteiger partial charge in [0.25, 0.3) is 0 Å². The quantitative estimate of drug-likeness (QED) is 0.518. The lowest BCUT2D eigenvalue weighted by Crippen LogP contribution is -2.15. The highest BCUT2D eigenvalue weighted by Crippen LogP contribution is 1.76. The van der Waals surface area contributed by atoms with Gasteiger partial charge in [0, 0.05) is 12.8 Å². The molecule has 0 aliphatic carbocycles. The molecule has 0 aliphatic heterocycles. The number of likely N-dealkylation sites (N-methyl/N-ethyl adjacent to an activating group) is 1. The van der Waals surface area contributed by atoms with Crippen LogP contribution in [-0.4, -0.2) is 19.3 Å². The molecule has 0 heterocycles. The summed E-state index contributed by atoms with van der Waals surface area (Å²) in [4.78, 5) is 0. The van der Waals surface area contributed by atoms with Crippen molar-refractivity contribution < 1.29 is 0 Å². The Labute approximate surface area is 50.1 Å². The Morgan fingerprint density at radius 2 is 2.50 bits per heavy atom. The third-order valence-corrected chi connectivity index (χ3v) is 0.806. The van der Waals surface area contributed by atoms with E-state index >= 15 is 0 Å². The van der Waals surface area contributed by atoms with Crippen molar-refractivity contribution in [2.24, 2.45) is 0 Å². The lowest BCUT2D eigenvalue weighted by molar-refractivity contribution is 0.791. The molecular formula is C6H12N2. The van der Waals surface area contributed by atoms with Gasteiger partial charge in [-0.05, 0) is 12.1 Å². The van der Waals surface area contributed by atoms with Crippen LogP contribution in [0.15, 0.2) is 12.2 Å². The molecule has 0 bridgehead atoms. The summed E-state index contributed by atoms with van der Waals surface area (Å²) in [7, 11) is 0. The molecule has 0 saturated heterocycles. The minimum Gasteiger partial charge on any atom is -0.313 e. The van der Waals surface area contributed by atoms with Crippen molar-refractivity contribution in [1.29, 1.82) is 5.41 Å². The van der Waals surface area contributed by atoms with Gasteiger partial charge in [-0.25, -0.2) is 0 Å². The molecule has 0 aromatic rings. The average Bonchev–Trinajstić information content (AvgIpc) is 1.83. The normalized spacial score (nSPS) is 8.62. The van der Waals surface area contributed by atoms with Crippen molar-refractivity contribution in [1.82, 2.24) is 5.32 Å². The Morgan fingerprint density at radius 1 is 1.88 bits per heavy atom.